The predicted octanol–water partition coefficient (Wildman–Crippen LogP) is 2.28. The highest BCUT2D eigenvalue weighted by Crippen LogP contribution is 2.32. The molecule has 2 rings (SSSR count). The minimum atomic E-state index is 0.534. The summed E-state index contributed by atoms with van der Waals surface area (Å²) in [6.07, 6.45) is 1.76. The lowest BCUT2D eigenvalue weighted by Crippen LogP contribution is -1.97. The lowest BCUT2D eigenvalue weighted by Gasteiger charge is -2.06. The van der Waals surface area contributed by atoms with E-state index in [0.29, 0.717) is 6.54 Å². The maximum Gasteiger partial charge on any atom is 0.145 e. The summed E-state index contributed by atoms with van der Waals surface area (Å²) in [6.45, 7) is 0.534. The molecule has 2 aromatic rings. The Balaban J connectivity index is 2.53. The molecule has 0 radical (unpaired) electrons. The molecule has 0 bridgehead atoms. The number of hydrogen-bond acceptors (Lipinski definition) is 4. The van der Waals surface area contributed by atoms with E-state index in [-0.39, 0.29) is 0 Å². The lowest BCUT2D eigenvalue weighted by atomic mass is 10.1. The third-order valence-corrected chi connectivity index (χ3v) is 3.12. The van der Waals surface area contributed by atoms with Gasteiger partial charge in [0.1, 0.15) is 11.4 Å². The molecule has 3 nitrogen and oxygen atoms in total. The predicted molar refractivity (Wildman–Crippen MR) is 62.0 cm³/mol. The van der Waals surface area contributed by atoms with Gasteiger partial charge in [0.2, 0.25) is 0 Å². The first-order valence-electron chi connectivity index (χ1n) is 4.62. The summed E-state index contributed by atoms with van der Waals surface area (Å²) in [5.74, 6) is 0.783. The molecule has 0 atom stereocenters. The molecule has 0 saturated carbocycles. The van der Waals surface area contributed by atoms with Gasteiger partial charge < -0.3 is 10.5 Å². The largest absolute Gasteiger partial charge is 0.494 e. The van der Waals surface area contributed by atoms with Crippen molar-refractivity contribution in [3.8, 4) is 17.0 Å². The minimum Gasteiger partial charge on any atom is -0.494 e. The van der Waals surface area contributed by atoms with E-state index in [0.717, 1.165) is 21.9 Å². The SMILES string of the molecule is COc1cccnc1-c1ccsc1CN. The molecule has 15 heavy (non-hydrogen) atoms. The van der Waals surface area contributed by atoms with Crippen molar-refractivity contribution in [3.63, 3.8) is 0 Å². The highest BCUT2D eigenvalue weighted by Gasteiger charge is 2.11. The summed E-state index contributed by atoms with van der Waals surface area (Å²) in [5.41, 5.74) is 7.60. The van der Waals surface area contributed by atoms with Crippen LogP contribution in [0.25, 0.3) is 11.3 Å². The number of ether oxygens (including phenoxy) is 1. The fourth-order valence-corrected chi connectivity index (χ4v) is 2.22. The molecule has 4 heteroatoms. The van der Waals surface area contributed by atoms with E-state index >= 15 is 0 Å². The van der Waals surface area contributed by atoms with Crippen molar-refractivity contribution in [2.75, 3.05) is 7.11 Å². The second-order valence-corrected chi connectivity index (χ2v) is 4.02. The Morgan fingerprint density at radius 2 is 2.33 bits per heavy atom. The number of aromatic nitrogens is 1. The minimum absolute atomic E-state index is 0.534. The molecule has 78 valence electrons. The van der Waals surface area contributed by atoms with Crippen molar-refractivity contribution >= 4 is 11.3 Å². The highest BCUT2D eigenvalue weighted by molar-refractivity contribution is 7.10. The van der Waals surface area contributed by atoms with Gasteiger partial charge in [-0.25, -0.2) is 0 Å². The number of hydrogen-bond donors (Lipinski definition) is 1. The van der Waals surface area contributed by atoms with Gasteiger partial charge in [0.25, 0.3) is 0 Å². The topological polar surface area (TPSA) is 48.1 Å². The van der Waals surface area contributed by atoms with Gasteiger partial charge in [0, 0.05) is 23.2 Å². The first-order valence-corrected chi connectivity index (χ1v) is 5.50. The number of rotatable bonds is 3. The average molecular weight is 220 g/mol. The quantitative estimate of drug-likeness (QED) is 0.863. The van der Waals surface area contributed by atoms with Crippen molar-refractivity contribution < 1.29 is 4.74 Å². The van der Waals surface area contributed by atoms with Crippen LogP contribution in [0.4, 0.5) is 0 Å². The zero-order chi connectivity index (χ0) is 10.7. The van der Waals surface area contributed by atoms with Crippen LogP contribution in [-0.4, -0.2) is 12.1 Å². The summed E-state index contributed by atoms with van der Waals surface area (Å²) in [5, 5.41) is 2.02. The van der Waals surface area contributed by atoms with Crippen molar-refractivity contribution in [1.82, 2.24) is 4.98 Å². The number of pyridine rings is 1. The maximum absolute atomic E-state index is 5.67. The first kappa shape index (κ1) is 10.1. The van der Waals surface area contributed by atoms with Crippen LogP contribution in [0.2, 0.25) is 0 Å². The van der Waals surface area contributed by atoms with Crippen LogP contribution in [0, 0.1) is 0 Å². The Labute approximate surface area is 92.5 Å². The fraction of sp³-hybridized carbons (Fsp3) is 0.182. The zero-order valence-corrected chi connectivity index (χ0v) is 9.25. The Morgan fingerprint density at radius 1 is 1.47 bits per heavy atom. The van der Waals surface area contributed by atoms with Crippen LogP contribution < -0.4 is 10.5 Å². The van der Waals surface area contributed by atoms with E-state index in [1.165, 1.54) is 0 Å². The molecule has 2 heterocycles. The molecular weight excluding hydrogens is 208 g/mol. The van der Waals surface area contributed by atoms with Crippen LogP contribution in [0.5, 0.6) is 5.75 Å². The summed E-state index contributed by atoms with van der Waals surface area (Å²) < 4.78 is 5.27. The monoisotopic (exact) mass is 220 g/mol. The molecule has 2 aromatic heterocycles. The third kappa shape index (κ3) is 1.86. The molecule has 0 aromatic carbocycles. The normalized spacial score (nSPS) is 10.3. The van der Waals surface area contributed by atoms with E-state index in [1.54, 1.807) is 24.6 Å². The van der Waals surface area contributed by atoms with Gasteiger partial charge in [-0.15, -0.1) is 11.3 Å². The molecule has 0 aliphatic heterocycles. The van der Waals surface area contributed by atoms with E-state index in [9.17, 15) is 0 Å². The molecule has 0 saturated heterocycles. The first-order chi connectivity index (χ1) is 7.36. The van der Waals surface area contributed by atoms with Gasteiger partial charge in [-0.05, 0) is 23.6 Å². The smallest absolute Gasteiger partial charge is 0.145 e. The number of nitrogens with two attached hydrogens (primary N) is 1. The van der Waals surface area contributed by atoms with Crippen LogP contribution in [0.15, 0.2) is 29.8 Å². The Kier molecular flexibility index (Phi) is 2.99. The molecule has 0 amide bonds. The zero-order valence-electron chi connectivity index (χ0n) is 8.43. The Morgan fingerprint density at radius 3 is 3.07 bits per heavy atom. The van der Waals surface area contributed by atoms with Crippen molar-refractivity contribution in [2.24, 2.45) is 5.73 Å². The number of methoxy groups -OCH3 is 1. The van der Waals surface area contributed by atoms with E-state index in [4.69, 9.17) is 10.5 Å². The molecule has 0 aliphatic rings. The van der Waals surface area contributed by atoms with E-state index < -0.39 is 0 Å². The summed E-state index contributed by atoms with van der Waals surface area (Å²) in [4.78, 5) is 5.46. The second-order valence-electron chi connectivity index (χ2n) is 3.02. The van der Waals surface area contributed by atoms with Gasteiger partial charge in [0.15, 0.2) is 0 Å². The average Bonchev–Trinajstić information content (AvgIpc) is 2.76. The van der Waals surface area contributed by atoms with Crippen LogP contribution in [0.1, 0.15) is 4.88 Å². The van der Waals surface area contributed by atoms with Crippen LogP contribution in [0.3, 0.4) is 0 Å². The summed E-state index contributed by atoms with van der Waals surface area (Å²) in [6, 6.07) is 5.79. The molecule has 0 spiro atoms. The van der Waals surface area contributed by atoms with Gasteiger partial charge in [0.05, 0.1) is 7.11 Å². The standard InChI is InChI=1S/C11H12N2OS/c1-14-9-3-2-5-13-11(9)8-4-6-15-10(8)7-12/h2-6H,7,12H2,1H3. The summed E-state index contributed by atoms with van der Waals surface area (Å²) in [7, 11) is 1.65. The van der Waals surface area contributed by atoms with Gasteiger partial charge >= 0.3 is 0 Å². The third-order valence-electron chi connectivity index (χ3n) is 2.18. The van der Waals surface area contributed by atoms with E-state index in [2.05, 4.69) is 4.98 Å². The van der Waals surface area contributed by atoms with Crippen molar-refractivity contribution in [2.45, 2.75) is 6.54 Å². The Hall–Kier alpha value is -1.39. The Bertz CT molecular complexity index is 453. The van der Waals surface area contributed by atoms with Gasteiger partial charge in [-0.1, -0.05) is 0 Å². The molecular formula is C11H12N2OS. The number of nitrogens with zero attached hydrogens (tertiary/aromatic N) is 1. The highest BCUT2D eigenvalue weighted by atomic mass is 32.1. The molecule has 0 fully saturated rings. The molecule has 0 aliphatic carbocycles. The van der Waals surface area contributed by atoms with E-state index in [1.807, 2.05) is 23.6 Å². The van der Waals surface area contributed by atoms with Crippen LogP contribution in [-0.2, 0) is 6.54 Å². The van der Waals surface area contributed by atoms with Crippen molar-refractivity contribution in [1.29, 1.82) is 0 Å². The fourth-order valence-electron chi connectivity index (χ4n) is 1.47. The second kappa shape index (κ2) is 4.42. The lowest BCUT2D eigenvalue weighted by molar-refractivity contribution is 0.415. The summed E-state index contributed by atoms with van der Waals surface area (Å²) >= 11 is 1.64. The van der Waals surface area contributed by atoms with Gasteiger partial charge in [-0.3, -0.25) is 4.98 Å². The molecule has 2 N–H and O–H groups in total. The maximum atomic E-state index is 5.67. The van der Waals surface area contributed by atoms with Crippen LogP contribution >= 0.6 is 11.3 Å². The molecule has 0 unspecified atom stereocenters. The van der Waals surface area contributed by atoms with Gasteiger partial charge in [-0.2, -0.15) is 0 Å². The number of thiophene rings is 1. The van der Waals surface area contributed by atoms with Crippen molar-refractivity contribution in [3.05, 3.63) is 34.7 Å².